The molecule has 0 bridgehead atoms. The summed E-state index contributed by atoms with van der Waals surface area (Å²) in [6.07, 6.45) is 2.54. The topological polar surface area (TPSA) is 78.7 Å². The summed E-state index contributed by atoms with van der Waals surface area (Å²) in [4.78, 5) is 24.8. The van der Waals surface area contributed by atoms with Gasteiger partial charge < -0.3 is 10.2 Å². The Kier molecular flexibility index (Phi) is 4.71. The lowest BCUT2D eigenvalue weighted by atomic mass is 10.3. The van der Waals surface area contributed by atoms with Gasteiger partial charge in [-0.05, 0) is 20.3 Å². The van der Waals surface area contributed by atoms with Gasteiger partial charge >= 0.3 is 0 Å². The zero-order valence-corrected chi connectivity index (χ0v) is 13.7. The third-order valence-electron chi connectivity index (χ3n) is 4.01. The van der Waals surface area contributed by atoms with Gasteiger partial charge in [0.1, 0.15) is 12.1 Å². The van der Waals surface area contributed by atoms with Crippen LogP contribution < -0.4 is 10.2 Å². The number of nitrogens with one attached hydrogen (secondary N) is 1. The van der Waals surface area contributed by atoms with E-state index in [1.54, 1.807) is 4.52 Å². The van der Waals surface area contributed by atoms with E-state index in [0.717, 1.165) is 44.1 Å². The maximum Gasteiger partial charge on any atom is 0.254 e. The molecule has 2 aromatic rings. The first-order valence-electron chi connectivity index (χ1n) is 8.08. The molecule has 0 atom stereocenters. The number of rotatable bonds is 4. The minimum atomic E-state index is 0.0966. The van der Waals surface area contributed by atoms with Crippen LogP contribution in [-0.4, -0.2) is 69.7 Å². The first kappa shape index (κ1) is 15.7. The Morgan fingerprint density at radius 2 is 2.17 bits per heavy atom. The molecule has 0 unspecified atom stereocenters. The molecule has 1 aliphatic rings. The SMILES string of the molecule is CCNC(=O)CN1CCCN(c2cc(C)nc3ncnn23)CC1. The van der Waals surface area contributed by atoms with Gasteiger partial charge in [0.15, 0.2) is 0 Å². The van der Waals surface area contributed by atoms with Crippen molar-refractivity contribution in [1.82, 2.24) is 29.8 Å². The second-order valence-corrected chi connectivity index (χ2v) is 5.80. The molecule has 1 saturated heterocycles. The summed E-state index contributed by atoms with van der Waals surface area (Å²) in [5, 5.41) is 7.14. The summed E-state index contributed by atoms with van der Waals surface area (Å²) in [6.45, 7) is 8.64. The Bertz CT molecular complexity index is 684. The van der Waals surface area contributed by atoms with Gasteiger partial charge in [0.05, 0.1) is 6.54 Å². The monoisotopic (exact) mass is 317 g/mol. The maximum absolute atomic E-state index is 11.8. The number of nitrogens with zero attached hydrogens (tertiary/aromatic N) is 6. The van der Waals surface area contributed by atoms with Crippen molar-refractivity contribution in [2.75, 3.05) is 44.2 Å². The average molecular weight is 317 g/mol. The summed E-state index contributed by atoms with van der Waals surface area (Å²) >= 11 is 0. The van der Waals surface area contributed by atoms with Crippen LogP contribution in [0.25, 0.3) is 5.78 Å². The van der Waals surface area contributed by atoms with Crippen LogP contribution in [0.3, 0.4) is 0 Å². The Labute approximate surface area is 135 Å². The fraction of sp³-hybridized carbons (Fsp3) is 0.600. The molecule has 0 aromatic carbocycles. The number of anilines is 1. The zero-order valence-electron chi connectivity index (χ0n) is 13.7. The lowest BCUT2D eigenvalue weighted by Gasteiger charge is -2.23. The molecule has 8 heteroatoms. The third-order valence-corrected chi connectivity index (χ3v) is 4.01. The molecule has 0 spiro atoms. The van der Waals surface area contributed by atoms with Crippen molar-refractivity contribution >= 4 is 17.5 Å². The molecule has 0 aliphatic carbocycles. The maximum atomic E-state index is 11.8. The average Bonchev–Trinajstić information content (AvgIpc) is 2.86. The van der Waals surface area contributed by atoms with E-state index >= 15 is 0 Å². The van der Waals surface area contributed by atoms with Crippen LogP contribution in [0.1, 0.15) is 19.0 Å². The molecule has 1 aliphatic heterocycles. The third kappa shape index (κ3) is 3.58. The lowest BCUT2D eigenvalue weighted by Crippen LogP contribution is -2.39. The van der Waals surface area contributed by atoms with Gasteiger partial charge in [0, 0.05) is 44.5 Å². The van der Waals surface area contributed by atoms with E-state index in [9.17, 15) is 4.79 Å². The van der Waals surface area contributed by atoms with E-state index in [1.807, 2.05) is 19.9 Å². The van der Waals surface area contributed by atoms with E-state index in [4.69, 9.17) is 0 Å². The minimum Gasteiger partial charge on any atom is -0.355 e. The fourth-order valence-electron chi connectivity index (χ4n) is 2.95. The van der Waals surface area contributed by atoms with E-state index in [1.165, 1.54) is 6.33 Å². The molecule has 8 nitrogen and oxygen atoms in total. The molecule has 3 heterocycles. The van der Waals surface area contributed by atoms with Crippen molar-refractivity contribution in [2.24, 2.45) is 0 Å². The first-order chi connectivity index (χ1) is 11.2. The highest BCUT2D eigenvalue weighted by atomic mass is 16.2. The van der Waals surface area contributed by atoms with Crippen molar-refractivity contribution in [3.63, 3.8) is 0 Å². The van der Waals surface area contributed by atoms with Crippen LogP contribution in [0.5, 0.6) is 0 Å². The van der Waals surface area contributed by atoms with Crippen LogP contribution in [0.2, 0.25) is 0 Å². The van der Waals surface area contributed by atoms with Gasteiger partial charge in [-0.1, -0.05) is 0 Å². The van der Waals surface area contributed by atoms with Crippen LogP contribution in [0, 0.1) is 6.92 Å². The van der Waals surface area contributed by atoms with Gasteiger partial charge in [0.2, 0.25) is 5.91 Å². The standard InChI is InChI=1S/C15H23N7O/c1-3-16-13(23)10-20-5-4-6-21(8-7-20)14-9-12(2)19-15-17-11-18-22(14)15/h9,11H,3-8,10H2,1-2H3,(H,16,23). The number of amides is 1. The summed E-state index contributed by atoms with van der Waals surface area (Å²) in [6, 6.07) is 2.04. The number of likely N-dealkylation sites (N-methyl/N-ethyl adjacent to an activating group) is 1. The summed E-state index contributed by atoms with van der Waals surface area (Å²) in [5.41, 5.74) is 0.934. The Morgan fingerprint density at radius 1 is 1.30 bits per heavy atom. The van der Waals surface area contributed by atoms with Crippen molar-refractivity contribution in [1.29, 1.82) is 0 Å². The molecular weight excluding hydrogens is 294 g/mol. The zero-order chi connectivity index (χ0) is 16.2. The van der Waals surface area contributed by atoms with Crippen LogP contribution in [-0.2, 0) is 4.79 Å². The van der Waals surface area contributed by atoms with Crippen molar-refractivity contribution in [2.45, 2.75) is 20.3 Å². The number of hydrogen-bond acceptors (Lipinski definition) is 6. The molecule has 124 valence electrons. The molecule has 3 rings (SSSR count). The summed E-state index contributed by atoms with van der Waals surface area (Å²) in [5.74, 6) is 1.74. The van der Waals surface area contributed by atoms with E-state index < -0.39 is 0 Å². The predicted molar refractivity (Wildman–Crippen MR) is 87.5 cm³/mol. The smallest absolute Gasteiger partial charge is 0.254 e. The molecule has 0 saturated carbocycles. The molecule has 1 amide bonds. The van der Waals surface area contributed by atoms with Crippen molar-refractivity contribution in [3.8, 4) is 0 Å². The molecule has 23 heavy (non-hydrogen) atoms. The van der Waals surface area contributed by atoms with Crippen molar-refractivity contribution < 1.29 is 4.79 Å². The first-order valence-corrected chi connectivity index (χ1v) is 8.08. The lowest BCUT2D eigenvalue weighted by molar-refractivity contribution is -0.122. The Balaban J connectivity index is 1.72. The van der Waals surface area contributed by atoms with Gasteiger partial charge in [-0.2, -0.15) is 14.6 Å². The molecular formula is C15H23N7O. The molecule has 0 radical (unpaired) electrons. The van der Waals surface area contributed by atoms with E-state index in [2.05, 4.69) is 30.2 Å². The second kappa shape index (κ2) is 6.91. The number of aryl methyl sites for hydroxylation is 1. The van der Waals surface area contributed by atoms with Crippen LogP contribution in [0.4, 0.5) is 5.82 Å². The summed E-state index contributed by atoms with van der Waals surface area (Å²) < 4.78 is 1.78. The highest BCUT2D eigenvalue weighted by molar-refractivity contribution is 5.77. The predicted octanol–water partition coefficient (Wildman–Crippen LogP) is 0.0809. The number of aromatic nitrogens is 4. The summed E-state index contributed by atoms with van der Waals surface area (Å²) in [7, 11) is 0. The molecule has 2 aromatic heterocycles. The number of hydrogen-bond donors (Lipinski definition) is 1. The van der Waals surface area contributed by atoms with Gasteiger partial charge in [-0.25, -0.2) is 4.98 Å². The fourth-order valence-corrected chi connectivity index (χ4v) is 2.95. The van der Waals surface area contributed by atoms with Gasteiger partial charge in [-0.3, -0.25) is 9.69 Å². The number of fused-ring (bicyclic) bond motifs is 1. The normalized spacial score (nSPS) is 16.5. The van der Waals surface area contributed by atoms with Gasteiger partial charge in [0.25, 0.3) is 5.78 Å². The number of carbonyl (C=O) groups is 1. The second-order valence-electron chi connectivity index (χ2n) is 5.80. The highest BCUT2D eigenvalue weighted by Gasteiger charge is 2.19. The largest absolute Gasteiger partial charge is 0.355 e. The van der Waals surface area contributed by atoms with E-state index in [0.29, 0.717) is 18.9 Å². The van der Waals surface area contributed by atoms with Crippen LogP contribution in [0.15, 0.2) is 12.4 Å². The Morgan fingerprint density at radius 3 is 3.00 bits per heavy atom. The minimum absolute atomic E-state index is 0.0966. The highest BCUT2D eigenvalue weighted by Crippen LogP contribution is 2.17. The molecule has 1 fully saturated rings. The molecule has 1 N–H and O–H groups in total. The number of carbonyl (C=O) groups excluding carboxylic acids is 1. The van der Waals surface area contributed by atoms with Crippen molar-refractivity contribution in [3.05, 3.63) is 18.1 Å². The van der Waals surface area contributed by atoms with Gasteiger partial charge in [-0.15, -0.1) is 0 Å². The quantitative estimate of drug-likeness (QED) is 0.860. The van der Waals surface area contributed by atoms with E-state index in [-0.39, 0.29) is 5.91 Å². The van der Waals surface area contributed by atoms with Crippen LogP contribution >= 0.6 is 0 Å². The Hall–Kier alpha value is -2.22.